The molecular formula is C9H14N4O. The molecule has 1 heterocycles. The second kappa shape index (κ2) is 5.18. The number of hydrogen-bond acceptors (Lipinski definition) is 4. The predicted octanol–water partition coefficient (Wildman–Crippen LogP) is -0.188. The van der Waals surface area contributed by atoms with Crippen molar-refractivity contribution in [2.75, 3.05) is 25.5 Å². The van der Waals surface area contributed by atoms with E-state index in [1.54, 1.807) is 18.3 Å². The monoisotopic (exact) mass is 194 g/mol. The average Bonchev–Trinajstić information content (AvgIpc) is 2.19. The first-order valence-corrected chi connectivity index (χ1v) is 4.39. The third-order valence-corrected chi connectivity index (χ3v) is 1.74. The normalized spacial score (nSPS) is 9.79. The van der Waals surface area contributed by atoms with Crippen molar-refractivity contribution in [3.8, 4) is 0 Å². The van der Waals surface area contributed by atoms with Crippen molar-refractivity contribution < 1.29 is 4.79 Å². The molecule has 1 rings (SSSR count). The van der Waals surface area contributed by atoms with Gasteiger partial charge in [0.25, 0.3) is 5.91 Å². The van der Waals surface area contributed by atoms with Gasteiger partial charge in [0.05, 0.1) is 5.56 Å². The molecule has 0 atom stereocenters. The van der Waals surface area contributed by atoms with Gasteiger partial charge in [-0.05, 0) is 19.2 Å². The summed E-state index contributed by atoms with van der Waals surface area (Å²) >= 11 is 0. The zero-order chi connectivity index (χ0) is 10.4. The first-order chi connectivity index (χ1) is 6.75. The summed E-state index contributed by atoms with van der Waals surface area (Å²) in [7, 11) is 1.86. The molecule has 1 aromatic heterocycles. The Labute approximate surface area is 82.7 Å². The predicted molar refractivity (Wildman–Crippen MR) is 55.2 cm³/mol. The highest BCUT2D eigenvalue weighted by Gasteiger charge is 2.06. The smallest absolute Gasteiger partial charge is 0.252 e. The van der Waals surface area contributed by atoms with Crippen LogP contribution in [0, 0.1) is 0 Å². The average molecular weight is 194 g/mol. The zero-order valence-electron chi connectivity index (χ0n) is 8.08. The molecular weight excluding hydrogens is 180 g/mol. The van der Waals surface area contributed by atoms with Crippen LogP contribution in [0.25, 0.3) is 0 Å². The highest BCUT2D eigenvalue weighted by Crippen LogP contribution is 2.09. The van der Waals surface area contributed by atoms with Gasteiger partial charge in [-0.1, -0.05) is 0 Å². The summed E-state index contributed by atoms with van der Waals surface area (Å²) in [6, 6.07) is 3.33. The van der Waals surface area contributed by atoms with Gasteiger partial charge in [0.2, 0.25) is 0 Å². The SMILES string of the molecule is CNCCNc1ncccc1C(N)=O. The molecule has 0 spiro atoms. The van der Waals surface area contributed by atoms with Crippen molar-refractivity contribution in [1.29, 1.82) is 0 Å². The molecule has 0 radical (unpaired) electrons. The molecule has 0 aromatic carbocycles. The summed E-state index contributed by atoms with van der Waals surface area (Å²) in [6.07, 6.45) is 1.62. The lowest BCUT2D eigenvalue weighted by Gasteiger charge is -2.07. The van der Waals surface area contributed by atoms with Gasteiger partial charge in [-0.15, -0.1) is 0 Å². The number of amides is 1. The van der Waals surface area contributed by atoms with E-state index in [0.29, 0.717) is 17.9 Å². The van der Waals surface area contributed by atoms with E-state index in [1.165, 1.54) is 0 Å². The van der Waals surface area contributed by atoms with Crippen molar-refractivity contribution in [2.45, 2.75) is 0 Å². The Kier molecular flexibility index (Phi) is 3.87. The molecule has 0 bridgehead atoms. The van der Waals surface area contributed by atoms with Crippen LogP contribution < -0.4 is 16.4 Å². The summed E-state index contributed by atoms with van der Waals surface area (Å²) in [4.78, 5) is 15.0. The maximum Gasteiger partial charge on any atom is 0.252 e. The van der Waals surface area contributed by atoms with Crippen LogP contribution in [0.4, 0.5) is 5.82 Å². The number of pyridine rings is 1. The molecule has 0 fully saturated rings. The van der Waals surface area contributed by atoms with Gasteiger partial charge in [-0.2, -0.15) is 0 Å². The minimum absolute atomic E-state index is 0.420. The Bertz CT molecular complexity index is 313. The second-order valence-corrected chi connectivity index (χ2v) is 2.79. The molecule has 1 aromatic rings. The molecule has 0 aliphatic heterocycles. The molecule has 4 N–H and O–H groups in total. The standard InChI is InChI=1S/C9H14N4O/c1-11-5-6-13-9-7(8(10)14)3-2-4-12-9/h2-4,11H,5-6H2,1H3,(H2,10,14)(H,12,13). The number of aromatic nitrogens is 1. The number of carbonyl (C=O) groups excluding carboxylic acids is 1. The lowest BCUT2D eigenvalue weighted by Crippen LogP contribution is -2.21. The second-order valence-electron chi connectivity index (χ2n) is 2.79. The number of nitrogens with one attached hydrogen (secondary N) is 2. The van der Waals surface area contributed by atoms with E-state index in [-0.39, 0.29) is 0 Å². The lowest BCUT2D eigenvalue weighted by atomic mass is 10.2. The Morgan fingerprint density at radius 2 is 2.36 bits per heavy atom. The van der Waals surface area contributed by atoms with E-state index >= 15 is 0 Å². The largest absolute Gasteiger partial charge is 0.368 e. The van der Waals surface area contributed by atoms with Gasteiger partial charge < -0.3 is 16.4 Å². The Morgan fingerprint density at radius 1 is 1.57 bits per heavy atom. The molecule has 0 aliphatic rings. The van der Waals surface area contributed by atoms with Gasteiger partial charge in [0.1, 0.15) is 5.82 Å². The Balaban J connectivity index is 2.69. The fraction of sp³-hybridized carbons (Fsp3) is 0.333. The molecule has 0 saturated carbocycles. The van der Waals surface area contributed by atoms with Gasteiger partial charge in [0.15, 0.2) is 0 Å². The third-order valence-electron chi connectivity index (χ3n) is 1.74. The van der Waals surface area contributed by atoms with Crippen LogP contribution in [-0.4, -0.2) is 31.0 Å². The lowest BCUT2D eigenvalue weighted by molar-refractivity contribution is 0.100. The molecule has 14 heavy (non-hydrogen) atoms. The molecule has 0 aliphatic carbocycles. The summed E-state index contributed by atoms with van der Waals surface area (Å²) in [6.45, 7) is 1.50. The van der Waals surface area contributed by atoms with Crippen molar-refractivity contribution in [3.63, 3.8) is 0 Å². The van der Waals surface area contributed by atoms with Gasteiger partial charge in [-0.3, -0.25) is 4.79 Å². The van der Waals surface area contributed by atoms with Crippen LogP contribution in [0.15, 0.2) is 18.3 Å². The Hall–Kier alpha value is -1.62. The number of carbonyl (C=O) groups is 1. The first kappa shape index (κ1) is 10.5. The topological polar surface area (TPSA) is 80.0 Å². The van der Waals surface area contributed by atoms with Crippen molar-refractivity contribution in [1.82, 2.24) is 10.3 Å². The number of anilines is 1. The van der Waals surface area contributed by atoms with Crippen LogP contribution in [0.2, 0.25) is 0 Å². The molecule has 76 valence electrons. The van der Waals surface area contributed by atoms with Crippen LogP contribution in [-0.2, 0) is 0 Å². The molecule has 0 saturated heterocycles. The zero-order valence-corrected chi connectivity index (χ0v) is 8.08. The minimum Gasteiger partial charge on any atom is -0.368 e. The summed E-state index contributed by atoms with van der Waals surface area (Å²) in [5.41, 5.74) is 5.60. The van der Waals surface area contributed by atoms with Crippen molar-refractivity contribution in [3.05, 3.63) is 23.9 Å². The van der Waals surface area contributed by atoms with Crippen LogP contribution in [0.3, 0.4) is 0 Å². The summed E-state index contributed by atoms with van der Waals surface area (Å²) in [5.74, 6) is 0.0697. The van der Waals surface area contributed by atoms with E-state index in [9.17, 15) is 4.79 Å². The number of rotatable bonds is 5. The molecule has 1 amide bonds. The number of hydrogen-bond donors (Lipinski definition) is 3. The fourth-order valence-corrected chi connectivity index (χ4v) is 1.05. The first-order valence-electron chi connectivity index (χ1n) is 4.39. The highest BCUT2D eigenvalue weighted by molar-refractivity contribution is 5.97. The van der Waals surface area contributed by atoms with Gasteiger partial charge >= 0.3 is 0 Å². The quantitative estimate of drug-likeness (QED) is 0.568. The van der Waals surface area contributed by atoms with E-state index in [0.717, 1.165) is 6.54 Å². The van der Waals surface area contributed by atoms with Crippen LogP contribution in [0.1, 0.15) is 10.4 Å². The molecule has 5 heteroatoms. The van der Waals surface area contributed by atoms with E-state index in [2.05, 4.69) is 15.6 Å². The highest BCUT2D eigenvalue weighted by atomic mass is 16.1. The number of likely N-dealkylation sites (N-methyl/N-ethyl adjacent to an activating group) is 1. The molecule has 0 unspecified atom stereocenters. The Morgan fingerprint density at radius 3 is 3.00 bits per heavy atom. The van der Waals surface area contributed by atoms with Crippen molar-refractivity contribution >= 4 is 11.7 Å². The summed E-state index contributed by atoms with van der Waals surface area (Å²) < 4.78 is 0. The van der Waals surface area contributed by atoms with E-state index < -0.39 is 5.91 Å². The van der Waals surface area contributed by atoms with E-state index in [4.69, 9.17) is 5.73 Å². The summed E-state index contributed by atoms with van der Waals surface area (Å²) in [5, 5.41) is 6.00. The van der Waals surface area contributed by atoms with Crippen LogP contribution >= 0.6 is 0 Å². The number of primary amides is 1. The minimum atomic E-state index is -0.468. The maximum atomic E-state index is 11.0. The van der Waals surface area contributed by atoms with Gasteiger partial charge in [-0.25, -0.2) is 4.98 Å². The van der Waals surface area contributed by atoms with Crippen molar-refractivity contribution in [2.24, 2.45) is 5.73 Å². The van der Waals surface area contributed by atoms with Gasteiger partial charge in [0, 0.05) is 19.3 Å². The molecule has 5 nitrogen and oxygen atoms in total. The number of nitrogens with zero attached hydrogens (tertiary/aromatic N) is 1. The number of nitrogens with two attached hydrogens (primary N) is 1. The third kappa shape index (κ3) is 2.70. The fourth-order valence-electron chi connectivity index (χ4n) is 1.05. The maximum absolute atomic E-state index is 11.0. The van der Waals surface area contributed by atoms with E-state index in [1.807, 2.05) is 7.05 Å². The van der Waals surface area contributed by atoms with Crippen LogP contribution in [0.5, 0.6) is 0 Å².